The van der Waals surface area contributed by atoms with Crippen LogP contribution in [0.25, 0.3) is 0 Å². The van der Waals surface area contributed by atoms with Crippen molar-refractivity contribution in [3.05, 3.63) is 53.9 Å². The van der Waals surface area contributed by atoms with Crippen LogP contribution in [0.5, 0.6) is 0 Å². The van der Waals surface area contributed by atoms with Crippen LogP contribution >= 0.6 is 0 Å². The van der Waals surface area contributed by atoms with Crippen molar-refractivity contribution in [2.75, 3.05) is 18.4 Å². The Balaban J connectivity index is 1.54. The van der Waals surface area contributed by atoms with Crippen LogP contribution in [0.15, 0.2) is 42.6 Å². The molecule has 0 aliphatic carbocycles. The Labute approximate surface area is 119 Å². The fourth-order valence-electron chi connectivity index (χ4n) is 2.64. The van der Waals surface area contributed by atoms with Gasteiger partial charge in [-0.2, -0.15) is 0 Å². The van der Waals surface area contributed by atoms with Crippen LogP contribution in [0, 0.1) is 6.92 Å². The van der Waals surface area contributed by atoms with Gasteiger partial charge in [-0.05, 0) is 25.0 Å². The van der Waals surface area contributed by atoms with Gasteiger partial charge in [0, 0.05) is 37.6 Å². The molecule has 1 fully saturated rings. The van der Waals surface area contributed by atoms with Gasteiger partial charge in [-0.25, -0.2) is 9.97 Å². The molecule has 4 heteroatoms. The summed E-state index contributed by atoms with van der Waals surface area (Å²) in [7, 11) is 0. The molecule has 2 heterocycles. The summed E-state index contributed by atoms with van der Waals surface area (Å²) in [6, 6.07) is 13.0. The average molecular weight is 268 g/mol. The predicted molar refractivity (Wildman–Crippen MR) is 80.5 cm³/mol. The Morgan fingerprint density at radius 2 is 2.10 bits per heavy atom. The summed E-state index contributed by atoms with van der Waals surface area (Å²) in [5.41, 5.74) is 2.38. The summed E-state index contributed by atoms with van der Waals surface area (Å²) >= 11 is 0. The van der Waals surface area contributed by atoms with Crippen molar-refractivity contribution in [2.24, 2.45) is 0 Å². The van der Waals surface area contributed by atoms with E-state index in [0.29, 0.717) is 6.04 Å². The third kappa shape index (κ3) is 3.33. The minimum absolute atomic E-state index is 0.445. The van der Waals surface area contributed by atoms with Crippen molar-refractivity contribution >= 4 is 5.95 Å². The summed E-state index contributed by atoms with van der Waals surface area (Å²) in [5, 5.41) is 3.43. The van der Waals surface area contributed by atoms with Gasteiger partial charge in [0.25, 0.3) is 0 Å². The van der Waals surface area contributed by atoms with E-state index in [9.17, 15) is 0 Å². The Hall–Kier alpha value is -1.94. The largest absolute Gasteiger partial charge is 0.350 e. The standard InChI is InChI=1S/C16H20N4/c1-13-7-9-17-16(18-13)19-15-8-10-20(12-15)11-14-5-3-2-4-6-14/h2-7,9,15H,8,10-12H2,1H3,(H,17,18,19). The van der Waals surface area contributed by atoms with Gasteiger partial charge in [0.2, 0.25) is 5.95 Å². The Bertz CT molecular complexity index is 555. The molecule has 20 heavy (non-hydrogen) atoms. The monoisotopic (exact) mass is 268 g/mol. The number of nitrogens with one attached hydrogen (secondary N) is 1. The molecule has 0 amide bonds. The number of aromatic nitrogens is 2. The van der Waals surface area contributed by atoms with E-state index in [2.05, 4.69) is 50.5 Å². The quantitative estimate of drug-likeness (QED) is 0.925. The molecule has 1 aliphatic heterocycles. The van der Waals surface area contributed by atoms with Crippen molar-refractivity contribution in [1.82, 2.24) is 14.9 Å². The summed E-state index contributed by atoms with van der Waals surface area (Å²) in [6.45, 7) is 5.18. The van der Waals surface area contributed by atoms with Crippen molar-refractivity contribution in [3.63, 3.8) is 0 Å². The normalized spacial score (nSPS) is 19.1. The highest BCUT2D eigenvalue weighted by atomic mass is 15.2. The molecule has 1 aromatic carbocycles. The molecule has 1 aromatic heterocycles. The van der Waals surface area contributed by atoms with E-state index in [-0.39, 0.29) is 0 Å². The number of likely N-dealkylation sites (tertiary alicyclic amines) is 1. The van der Waals surface area contributed by atoms with E-state index in [1.807, 2.05) is 13.0 Å². The van der Waals surface area contributed by atoms with E-state index >= 15 is 0 Å². The van der Waals surface area contributed by atoms with Gasteiger partial charge < -0.3 is 5.32 Å². The maximum atomic E-state index is 4.40. The summed E-state index contributed by atoms with van der Waals surface area (Å²) < 4.78 is 0. The molecule has 0 radical (unpaired) electrons. The molecule has 0 spiro atoms. The van der Waals surface area contributed by atoms with Crippen LogP contribution < -0.4 is 5.32 Å². The number of hydrogen-bond acceptors (Lipinski definition) is 4. The first kappa shape index (κ1) is 13.1. The van der Waals surface area contributed by atoms with Crippen LogP contribution in [0.3, 0.4) is 0 Å². The Kier molecular flexibility index (Phi) is 3.92. The number of benzene rings is 1. The van der Waals surface area contributed by atoms with Gasteiger partial charge in [0.15, 0.2) is 0 Å². The molecule has 2 aromatic rings. The number of aryl methyl sites for hydroxylation is 1. The minimum atomic E-state index is 0.445. The van der Waals surface area contributed by atoms with Gasteiger partial charge in [0.05, 0.1) is 0 Å². The Morgan fingerprint density at radius 1 is 1.25 bits per heavy atom. The van der Waals surface area contributed by atoms with Gasteiger partial charge in [0.1, 0.15) is 0 Å². The van der Waals surface area contributed by atoms with E-state index < -0.39 is 0 Å². The fraction of sp³-hybridized carbons (Fsp3) is 0.375. The van der Waals surface area contributed by atoms with E-state index in [4.69, 9.17) is 0 Å². The third-order valence-corrected chi connectivity index (χ3v) is 3.65. The molecule has 1 unspecified atom stereocenters. The second-order valence-corrected chi connectivity index (χ2v) is 5.37. The third-order valence-electron chi connectivity index (χ3n) is 3.65. The molecule has 104 valence electrons. The highest BCUT2D eigenvalue weighted by Gasteiger charge is 2.22. The van der Waals surface area contributed by atoms with Gasteiger partial charge in [-0.1, -0.05) is 30.3 Å². The van der Waals surface area contributed by atoms with Gasteiger partial charge in [-0.15, -0.1) is 0 Å². The lowest BCUT2D eigenvalue weighted by atomic mass is 10.2. The molecule has 1 N–H and O–H groups in total. The van der Waals surface area contributed by atoms with Crippen molar-refractivity contribution in [3.8, 4) is 0 Å². The number of nitrogens with zero attached hydrogens (tertiary/aromatic N) is 3. The fourth-order valence-corrected chi connectivity index (χ4v) is 2.64. The molecule has 0 saturated carbocycles. The van der Waals surface area contributed by atoms with Gasteiger partial charge in [-0.3, -0.25) is 4.90 Å². The molecule has 4 nitrogen and oxygen atoms in total. The van der Waals surface area contributed by atoms with Crippen LogP contribution in [-0.4, -0.2) is 34.0 Å². The maximum absolute atomic E-state index is 4.40. The molecular formula is C16H20N4. The van der Waals surface area contributed by atoms with Crippen LogP contribution in [0.2, 0.25) is 0 Å². The lowest BCUT2D eigenvalue weighted by Gasteiger charge is -2.16. The first-order valence-corrected chi connectivity index (χ1v) is 7.12. The summed E-state index contributed by atoms with van der Waals surface area (Å²) in [6.07, 6.45) is 2.95. The van der Waals surface area contributed by atoms with Crippen LogP contribution in [0.4, 0.5) is 5.95 Å². The van der Waals surface area contributed by atoms with E-state index in [1.54, 1.807) is 6.20 Å². The highest BCUT2D eigenvalue weighted by Crippen LogP contribution is 2.16. The molecule has 1 aliphatic rings. The lowest BCUT2D eigenvalue weighted by molar-refractivity contribution is 0.328. The first-order chi connectivity index (χ1) is 9.79. The highest BCUT2D eigenvalue weighted by molar-refractivity contribution is 5.27. The van der Waals surface area contributed by atoms with E-state index in [1.165, 1.54) is 5.56 Å². The van der Waals surface area contributed by atoms with Crippen LogP contribution in [0.1, 0.15) is 17.7 Å². The molecular weight excluding hydrogens is 248 g/mol. The summed E-state index contributed by atoms with van der Waals surface area (Å²) in [5.74, 6) is 0.747. The zero-order valence-corrected chi connectivity index (χ0v) is 11.8. The number of rotatable bonds is 4. The zero-order valence-electron chi connectivity index (χ0n) is 11.8. The van der Waals surface area contributed by atoms with Gasteiger partial charge >= 0.3 is 0 Å². The first-order valence-electron chi connectivity index (χ1n) is 7.12. The lowest BCUT2D eigenvalue weighted by Crippen LogP contribution is -2.26. The Morgan fingerprint density at radius 3 is 2.90 bits per heavy atom. The topological polar surface area (TPSA) is 41.1 Å². The molecule has 1 atom stereocenters. The predicted octanol–water partition coefficient (Wildman–Crippen LogP) is 2.47. The van der Waals surface area contributed by atoms with Crippen molar-refractivity contribution in [1.29, 1.82) is 0 Å². The second kappa shape index (κ2) is 6.01. The van der Waals surface area contributed by atoms with E-state index in [0.717, 1.165) is 37.7 Å². The van der Waals surface area contributed by atoms with Crippen molar-refractivity contribution < 1.29 is 0 Å². The van der Waals surface area contributed by atoms with Crippen molar-refractivity contribution in [2.45, 2.75) is 25.9 Å². The SMILES string of the molecule is Cc1ccnc(NC2CCN(Cc3ccccc3)C2)n1. The van der Waals surface area contributed by atoms with Crippen LogP contribution in [-0.2, 0) is 6.54 Å². The number of anilines is 1. The zero-order chi connectivity index (χ0) is 13.8. The summed E-state index contributed by atoms with van der Waals surface area (Å²) in [4.78, 5) is 11.2. The number of hydrogen-bond donors (Lipinski definition) is 1. The molecule has 1 saturated heterocycles. The maximum Gasteiger partial charge on any atom is 0.223 e. The smallest absolute Gasteiger partial charge is 0.223 e. The minimum Gasteiger partial charge on any atom is -0.350 e. The average Bonchev–Trinajstić information content (AvgIpc) is 2.87. The second-order valence-electron chi connectivity index (χ2n) is 5.37. The molecule has 0 bridgehead atoms. The molecule has 3 rings (SSSR count).